The van der Waals surface area contributed by atoms with Gasteiger partial charge in [0.1, 0.15) is 22.7 Å². The topological polar surface area (TPSA) is 44.5 Å². The molecule has 0 radical (unpaired) electrons. The van der Waals surface area contributed by atoms with Crippen LogP contribution in [0.4, 0.5) is 0 Å². The van der Waals surface area contributed by atoms with E-state index in [-0.39, 0.29) is 5.41 Å². The molecule has 1 aromatic carbocycles. The quantitative estimate of drug-likeness (QED) is 0.551. The molecule has 0 spiro atoms. The van der Waals surface area contributed by atoms with Crippen molar-refractivity contribution in [3.63, 3.8) is 0 Å². The second-order valence-corrected chi connectivity index (χ2v) is 8.43. The molecule has 0 amide bonds. The Bertz CT molecular complexity index is 774. The number of nitrogens with zero attached hydrogens (tertiary/aromatic N) is 1. The van der Waals surface area contributed by atoms with Crippen molar-refractivity contribution in [2.75, 3.05) is 7.11 Å². The molecule has 0 N–H and O–H groups in total. The van der Waals surface area contributed by atoms with E-state index in [4.69, 9.17) is 14.0 Å². The lowest BCUT2D eigenvalue weighted by Crippen LogP contribution is -2.29. The number of hydrogen-bond acceptors (Lipinski definition) is 4. The van der Waals surface area contributed by atoms with E-state index in [2.05, 4.69) is 38.1 Å². The lowest BCUT2D eigenvalue weighted by molar-refractivity contribution is 0.103. The SMILES string of the molecule is CCCCCCC(C)(C)c1cc(OC)c2c(c1)OC(C)(C)c1cnoc1-2. The Hall–Kier alpha value is -1.97. The normalized spacial score (nSPS) is 15.2. The number of benzene rings is 1. The van der Waals surface area contributed by atoms with Crippen LogP contribution in [0.15, 0.2) is 22.9 Å². The smallest absolute Gasteiger partial charge is 0.181 e. The molecule has 1 aromatic heterocycles. The standard InChI is InChI=1S/C22H31NO3/c1-7-8-9-10-11-21(2,3)15-12-17(24-6)19-18(13-15)25-22(4,5)16-14-23-26-20(16)19/h12-14H,7-11H2,1-6H3. The fourth-order valence-electron chi connectivity index (χ4n) is 3.76. The van der Waals surface area contributed by atoms with Crippen LogP contribution in [0.2, 0.25) is 0 Å². The number of hydrogen-bond donors (Lipinski definition) is 0. The third-order valence-corrected chi connectivity index (χ3v) is 5.53. The van der Waals surface area contributed by atoms with Crippen molar-refractivity contribution in [3.8, 4) is 22.8 Å². The van der Waals surface area contributed by atoms with Crippen LogP contribution in [-0.4, -0.2) is 12.3 Å². The zero-order valence-corrected chi connectivity index (χ0v) is 16.9. The summed E-state index contributed by atoms with van der Waals surface area (Å²) in [5, 5.41) is 3.99. The van der Waals surface area contributed by atoms with Gasteiger partial charge >= 0.3 is 0 Å². The maximum atomic E-state index is 6.35. The zero-order valence-electron chi connectivity index (χ0n) is 16.9. The van der Waals surface area contributed by atoms with E-state index in [0.29, 0.717) is 0 Å². The molecule has 0 unspecified atom stereocenters. The fraction of sp³-hybridized carbons (Fsp3) is 0.591. The molecule has 0 aliphatic carbocycles. The van der Waals surface area contributed by atoms with E-state index in [1.54, 1.807) is 13.3 Å². The van der Waals surface area contributed by atoms with Crippen molar-refractivity contribution in [3.05, 3.63) is 29.5 Å². The third kappa shape index (κ3) is 3.34. The van der Waals surface area contributed by atoms with Gasteiger partial charge in [-0.15, -0.1) is 0 Å². The van der Waals surface area contributed by atoms with Crippen LogP contribution in [0.3, 0.4) is 0 Å². The first-order valence-corrected chi connectivity index (χ1v) is 9.67. The first kappa shape index (κ1) is 18.8. The van der Waals surface area contributed by atoms with Gasteiger partial charge in [0.05, 0.1) is 18.9 Å². The van der Waals surface area contributed by atoms with Crippen molar-refractivity contribution in [2.24, 2.45) is 0 Å². The molecule has 0 saturated carbocycles. The van der Waals surface area contributed by atoms with E-state index < -0.39 is 5.60 Å². The predicted molar refractivity (Wildman–Crippen MR) is 104 cm³/mol. The van der Waals surface area contributed by atoms with E-state index >= 15 is 0 Å². The minimum Gasteiger partial charge on any atom is -0.496 e. The van der Waals surface area contributed by atoms with Gasteiger partial charge in [0.2, 0.25) is 0 Å². The average molecular weight is 357 g/mol. The number of unbranched alkanes of at least 4 members (excludes halogenated alkanes) is 3. The number of rotatable bonds is 7. The molecule has 142 valence electrons. The molecule has 0 bridgehead atoms. The van der Waals surface area contributed by atoms with Gasteiger partial charge in [-0.3, -0.25) is 0 Å². The van der Waals surface area contributed by atoms with Gasteiger partial charge in [-0.25, -0.2) is 0 Å². The fourth-order valence-corrected chi connectivity index (χ4v) is 3.76. The monoisotopic (exact) mass is 357 g/mol. The molecule has 26 heavy (non-hydrogen) atoms. The van der Waals surface area contributed by atoms with Crippen molar-refractivity contribution >= 4 is 0 Å². The highest BCUT2D eigenvalue weighted by molar-refractivity contribution is 5.78. The van der Waals surface area contributed by atoms with Gasteiger partial charge in [0.15, 0.2) is 5.76 Å². The molecule has 1 aliphatic rings. The van der Waals surface area contributed by atoms with E-state index in [9.17, 15) is 0 Å². The van der Waals surface area contributed by atoms with Crippen molar-refractivity contribution in [1.82, 2.24) is 5.16 Å². The van der Waals surface area contributed by atoms with Gasteiger partial charge in [-0.05, 0) is 43.4 Å². The molecule has 3 rings (SSSR count). The lowest BCUT2D eigenvalue weighted by Gasteiger charge is -2.34. The summed E-state index contributed by atoms with van der Waals surface area (Å²) < 4.78 is 17.6. The molecule has 2 heterocycles. The lowest BCUT2D eigenvalue weighted by atomic mass is 9.78. The molecule has 0 atom stereocenters. The van der Waals surface area contributed by atoms with Crippen LogP contribution in [0, 0.1) is 0 Å². The predicted octanol–water partition coefficient (Wildman–Crippen LogP) is 6.23. The minimum absolute atomic E-state index is 0.0608. The van der Waals surface area contributed by atoms with Crippen LogP contribution >= 0.6 is 0 Å². The van der Waals surface area contributed by atoms with Crippen LogP contribution in [0.1, 0.15) is 77.8 Å². The van der Waals surface area contributed by atoms with Gasteiger partial charge in [-0.1, -0.05) is 51.6 Å². The van der Waals surface area contributed by atoms with Crippen LogP contribution < -0.4 is 9.47 Å². The number of methoxy groups -OCH3 is 1. The molecule has 2 aromatic rings. The molecule has 1 aliphatic heterocycles. The van der Waals surface area contributed by atoms with E-state index in [0.717, 1.165) is 34.8 Å². The third-order valence-electron chi connectivity index (χ3n) is 5.53. The number of ether oxygens (including phenoxy) is 2. The van der Waals surface area contributed by atoms with Gasteiger partial charge in [0, 0.05) is 0 Å². The molecule has 0 fully saturated rings. The Balaban J connectivity index is 2.00. The Morgan fingerprint density at radius 3 is 2.62 bits per heavy atom. The molecule has 0 saturated heterocycles. The maximum Gasteiger partial charge on any atom is 0.181 e. The second kappa shape index (κ2) is 6.98. The Morgan fingerprint density at radius 1 is 1.15 bits per heavy atom. The summed E-state index contributed by atoms with van der Waals surface area (Å²) in [6.45, 7) is 10.9. The zero-order chi connectivity index (χ0) is 18.9. The summed E-state index contributed by atoms with van der Waals surface area (Å²) in [6, 6.07) is 4.29. The van der Waals surface area contributed by atoms with Crippen molar-refractivity contribution in [2.45, 2.75) is 77.7 Å². The Kier molecular flexibility index (Phi) is 5.05. The Labute approximate surface area is 156 Å². The summed E-state index contributed by atoms with van der Waals surface area (Å²) >= 11 is 0. The summed E-state index contributed by atoms with van der Waals surface area (Å²) in [5.41, 5.74) is 2.64. The van der Waals surface area contributed by atoms with Gasteiger partial charge in [-0.2, -0.15) is 0 Å². The number of fused-ring (bicyclic) bond motifs is 3. The highest BCUT2D eigenvalue weighted by atomic mass is 16.5. The van der Waals surface area contributed by atoms with Gasteiger partial charge < -0.3 is 14.0 Å². The summed E-state index contributed by atoms with van der Waals surface area (Å²) in [5.74, 6) is 2.35. The summed E-state index contributed by atoms with van der Waals surface area (Å²) in [6.07, 6.45) is 7.96. The average Bonchev–Trinajstić information content (AvgIpc) is 3.08. The molecule has 4 heteroatoms. The van der Waals surface area contributed by atoms with Crippen LogP contribution in [-0.2, 0) is 11.0 Å². The first-order valence-electron chi connectivity index (χ1n) is 9.67. The highest BCUT2D eigenvalue weighted by Gasteiger charge is 2.39. The Morgan fingerprint density at radius 2 is 1.92 bits per heavy atom. The summed E-state index contributed by atoms with van der Waals surface area (Å²) in [4.78, 5) is 0. The van der Waals surface area contributed by atoms with Crippen LogP contribution in [0.25, 0.3) is 11.3 Å². The highest BCUT2D eigenvalue weighted by Crippen LogP contribution is 2.51. The van der Waals surface area contributed by atoms with Crippen molar-refractivity contribution in [1.29, 1.82) is 0 Å². The molecular weight excluding hydrogens is 326 g/mol. The van der Waals surface area contributed by atoms with Crippen LogP contribution in [0.5, 0.6) is 11.5 Å². The van der Waals surface area contributed by atoms with Crippen molar-refractivity contribution < 1.29 is 14.0 Å². The molecular formula is C22H31NO3. The van der Waals surface area contributed by atoms with E-state index in [1.165, 1.54) is 31.2 Å². The second-order valence-electron chi connectivity index (χ2n) is 8.43. The summed E-state index contributed by atoms with van der Waals surface area (Å²) in [7, 11) is 1.70. The maximum absolute atomic E-state index is 6.35. The largest absolute Gasteiger partial charge is 0.496 e. The van der Waals surface area contributed by atoms with E-state index in [1.807, 2.05) is 13.8 Å². The number of aromatic nitrogens is 1. The van der Waals surface area contributed by atoms with Gasteiger partial charge in [0.25, 0.3) is 0 Å². The minimum atomic E-state index is -0.475. The first-order chi connectivity index (χ1) is 12.3. The molecule has 4 nitrogen and oxygen atoms in total.